The van der Waals surface area contributed by atoms with Gasteiger partial charge in [0.15, 0.2) is 0 Å². The van der Waals surface area contributed by atoms with Gasteiger partial charge in [0.25, 0.3) is 5.91 Å². The highest BCUT2D eigenvalue weighted by atomic mass is 16.5. The number of likely N-dealkylation sites (tertiary alicyclic amines) is 1. The van der Waals surface area contributed by atoms with E-state index in [0.717, 1.165) is 41.2 Å². The summed E-state index contributed by atoms with van der Waals surface area (Å²) < 4.78 is 5.99. The molecular formula is C22H22N2O2. The minimum atomic E-state index is 0.0588. The third-order valence-electron chi connectivity index (χ3n) is 5.57. The van der Waals surface area contributed by atoms with Crippen LogP contribution in [0, 0.1) is 0 Å². The van der Waals surface area contributed by atoms with Gasteiger partial charge in [-0.2, -0.15) is 0 Å². The van der Waals surface area contributed by atoms with E-state index in [-0.39, 0.29) is 5.91 Å². The van der Waals surface area contributed by atoms with Crippen molar-refractivity contribution >= 4 is 22.9 Å². The lowest BCUT2D eigenvalue weighted by molar-refractivity contribution is -0.113. The predicted molar refractivity (Wildman–Crippen MR) is 102 cm³/mol. The number of nitrogens with zero attached hydrogens (tertiary/aromatic N) is 2. The Morgan fingerprint density at radius 1 is 0.885 bits per heavy atom. The summed E-state index contributed by atoms with van der Waals surface area (Å²) in [6, 6.07) is 16.2. The quantitative estimate of drug-likeness (QED) is 0.774. The van der Waals surface area contributed by atoms with Crippen LogP contribution in [0.4, 0.5) is 5.69 Å². The zero-order valence-electron chi connectivity index (χ0n) is 14.8. The highest BCUT2D eigenvalue weighted by Crippen LogP contribution is 2.44. The fourth-order valence-electron chi connectivity index (χ4n) is 4.24. The molecule has 5 rings (SSSR count). The molecule has 3 aliphatic rings. The van der Waals surface area contributed by atoms with E-state index in [1.807, 2.05) is 47.4 Å². The molecule has 0 unspecified atom stereocenters. The number of rotatable bonds is 2. The molecule has 0 radical (unpaired) electrons. The number of para-hydroxylation sites is 1. The first-order valence-electron chi connectivity index (χ1n) is 9.42. The normalized spacial score (nSPS) is 22.3. The summed E-state index contributed by atoms with van der Waals surface area (Å²) in [5.41, 5.74) is 4.89. The third-order valence-corrected chi connectivity index (χ3v) is 5.57. The van der Waals surface area contributed by atoms with Gasteiger partial charge < -0.3 is 4.74 Å². The lowest BCUT2D eigenvalue weighted by Crippen LogP contribution is -2.42. The Labute approximate surface area is 153 Å². The van der Waals surface area contributed by atoms with E-state index in [1.54, 1.807) is 0 Å². The van der Waals surface area contributed by atoms with Crippen LogP contribution in [0.25, 0.3) is 11.3 Å². The molecule has 2 aromatic carbocycles. The van der Waals surface area contributed by atoms with Crippen LogP contribution in [-0.4, -0.2) is 30.6 Å². The van der Waals surface area contributed by atoms with Crippen molar-refractivity contribution in [2.24, 2.45) is 0 Å². The van der Waals surface area contributed by atoms with E-state index >= 15 is 0 Å². The number of benzene rings is 2. The average Bonchev–Trinajstić information content (AvgIpc) is 3.22. The molecule has 0 aliphatic carbocycles. The van der Waals surface area contributed by atoms with Crippen molar-refractivity contribution in [1.29, 1.82) is 0 Å². The monoisotopic (exact) mass is 346 g/mol. The van der Waals surface area contributed by atoms with E-state index in [4.69, 9.17) is 4.74 Å². The summed E-state index contributed by atoms with van der Waals surface area (Å²) in [6.45, 7) is 3.33. The van der Waals surface area contributed by atoms with Gasteiger partial charge in [-0.3, -0.25) is 14.6 Å². The first kappa shape index (κ1) is 15.6. The molecule has 0 spiro atoms. The molecule has 0 N–H and O–H groups in total. The number of anilines is 1. The van der Waals surface area contributed by atoms with E-state index in [0.29, 0.717) is 18.8 Å². The first-order valence-corrected chi connectivity index (χ1v) is 9.42. The van der Waals surface area contributed by atoms with Crippen molar-refractivity contribution in [3.8, 4) is 0 Å². The molecule has 0 aromatic heterocycles. The summed E-state index contributed by atoms with van der Waals surface area (Å²) in [4.78, 5) is 17.7. The number of carbonyl (C=O) groups is 1. The first-order chi connectivity index (χ1) is 12.8. The second kappa shape index (κ2) is 6.29. The molecule has 0 saturated carbocycles. The van der Waals surface area contributed by atoms with Crippen LogP contribution in [0.3, 0.4) is 0 Å². The SMILES string of the molecule is O=C1/C(=C2/OCc3ccccc32)c2ccccc2N1CN1CCCCC1. The number of fused-ring (bicyclic) bond motifs is 2. The van der Waals surface area contributed by atoms with Gasteiger partial charge >= 0.3 is 0 Å². The Morgan fingerprint density at radius 3 is 2.46 bits per heavy atom. The van der Waals surface area contributed by atoms with Crippen molar-refractivity contribution < 1.29 is 9.53 Å². The van der Waals surface area contributed by atoms with Gasteiger partial charge in [-0.1, -0.05) is 48.9 Å². The van der Waals surface area contributed by atoms with Crippen molar-refractivity contribution in [2.45, 2.75) is 25.9 Å². The van der Waals surface area contributed by atoms with Crippen molar-refractivity contribution in [2.75, 3.05) is 24.7 Å². The van der Waals surface area contributed by atoms with E-state index in [1.165, 1.54) is 19.3 Å². The number of hydrogen-bond acceptors (Lipinski definition) is 3. The lowest BCUT2D eigenvalue weighted by atomic mass is 10.0. The van der Waals surface area contributed by atoms with Gasteiger partial charge in [0.05, 0.1) is 17.9 Å². The molecular weight excluding hydrogens is 324 g/mol. The molecule has 132 valence electrons. The topological polar surface area (TPSA) is 32.8 Å². The maximum atomic E-state index is 13.4. The molecule has 1 fully saturated rings. The third kappa shape index (κ3) is 2.44. The largest absolute Gasteiger partial charge is 0.487 e. The molecule has 0 atom stereocenters. The predicted octanol–water partition coefficient (Wildman–Crippen LogP) is 3.88. The Morgan fingerprint density at radius 2 is 1.62 bits per heavy atom. The number of ether oxygens (including phenoxy) is 1. The van der Waals surface area contributed by atoms with Gasteiger partial charge in [-0.25, -0.2) is 0 Å². The summed E-state index contributed by atoms with van der Waals surface area (Å²) in [5, 5.41) is 0. The summed E-state index contributed by atoms with van der Waals surface area (Å²) in [5.74, 6) is 0.794. The van der Waals surface area contributed by atoms with Gasteiger partial charge in [0.1, 0.15) is 12.4 Å². The summed E-state index contributed by atoms with van der Waals surface area (Å²) in [6.07, 6.45) is 3.73. The minimum Gasteiger partial charge on any atom is -0.487 e. The van der Waals surface area contributed by atoms with E-state index < -0.39 is 0 Å². The molecule has 0 bridgehead atoms. The Bertz CT molecular complexity index is 897. The van der Waals surface area contributed by atoms with Crippen LogP contribution in [0.15, 0.2) is 48.5 Å². The van der Waals surface area contributed by atoms with Crippen molar-refractivity contribution in [1.82, 2.24) is 4.90 Å². The Balaban J connectivity index is 1.58. The fourth-order valence-corrected chi connectivity index (χ4v) is 4.24. The molecule has 4 nitrogen and oxygen atoms in total. The maximum absolute atomic E-state index is 13.4. The van der Waals surface area contributed by atoms with Crippen LogP contribution in [0.2, 0.25) is 0 Å². The highest BCUT2D eigenvalue weighted by molar-refractivity contribution is 6.37. The summed E-state index contributed by atoms with van der Waals surface area (Å²) in [7, 11) is 0. The van der Waals surface area contributed by atoms with Gasteiger partial charge in [-0.15, -0.1) is 0 Å². The van der Waals surface area contributed by atoms with Gasteiger partial charge in [0, 0.05) is 16.7 Å². The maximum Gasteiger partial charge on any atom is 0.263 e. The molecule has 3 heterocycles. The number of carbonyl (C=O) groups excluding carboxylic acids is 1. The zero-order chi connectivity index (χ0) is 17.5. The van der Waals surface area contributed by atoms with Crippen LogP contribution in [-0.2, 0) is 16.1 Å². The number of hydrogen-bond donors (Lipinski definition) is 0. The van der Waals surface area contributed by atoms with Crippen LogP contribution >= 0.6 is 0 Å². The van der Waals surface area contributed by atoms with Crippen molar-refractivity contribution in [3.63, 3.8) is 0 Å². The molecule has 3 aliphatic heterocycles. The van der Waals surface area contributed by atoms with Gasteiger partial charge in [-0.05, 0) is 32.0 Å². The lowest BCUT2D eigenvalue weighted by Gasteiger charge is -2.30. The Hall–Kier alpha value is -2.59. The van der Waals surface area contributed by atoms with Crippen LogP contribution < -0.4 is 4.90 Å². The highest BCUT2D eigenvalue weighted by Gasteiger charge is 2.38. The van der Waals surface area contributed by atoms with E-state index in [9.17, 15) is 4.79 Å². The second-order valence-corrected chi connectivity index (χ2v) is 7.22. The average molecular weight is 346 g/mol. The molecule has 26 heavy (non-hydrogen) atoms. The molecule has 2 aromatic rings. The molecule has 1 amide bonds. The Kier molecular flexibility index (Phi) is 3.79. The van der Waals surface area contributed by atoms with Crippen LogP contribution in [0.1, 0.15) is 36.0 Å². The minimum absolute atomic E-state index is 0.0588. The molecule has 1 saturated heterocycles. The van der Waals surface area contributed by atoms with Crippen LogP contribution in [0.5, 0.6) is 0 Å². The number of piperidine rings is 1. The summed E-state index contributed by atoms with van der Waals surface area (Å²) >= 11 is 0. The second-order valence-electron chi connectivity index (χ2n) is 7.22. The number of amides is 1. The molecule has 4 heteroatoms. The standard InChI is InChI=1S/C22H22N2O2/c25-22-20(21-17-9-3-2-8-16(17)14-26-21)18-10-4-5-11-19(18)24(22)15-23-12-6-1-7-13-23/h2-5,8-11H,1,6-7,12-15H2/b21-20+. The smallest absolute Gasteiger partial charge is 0.263 e. The fraction of sp³-hybridized carbons (Fsp3) is 0.318. The van der Waals surface area contributed by atoms with Gasteiger partial charge in [0.2, 0.25) is 0 Å². The zero-order valence-corrected chi connectivity index (χ0v) is 14.8. The van der Waals surface area contributed by atoms with Crippen molar-refractivity contribution in [3.05, 3.63) is 65.2 Å². The van der Waals surface area contributed by atoms with E-state index in [2.05, 4.69) is 11.0 Å².